The van der Waals surface area contributed by atoms with Crippen LogP contribution in [0.25, 0.3) is 0 Å². The lowest BCUT2D eigenvalue weighted by atomic mass is 9.93. The van der Waals surface area contributed by atoms with Gasteiger partial charge in [-0.05, 0) is 39.0 Å². The lowest BCUT2D eigenvalue weighted by Crippen LogP contribution is -2.47. The van der Waals surface area contributed by atoms with Gasteiger partial charge in [0.05, 0.1) is 11.8 Å². The van der Waals surface area contributed by atoms with E-state index in [0.29, 0.717) is 18.8 Å². The number of nitrogens with one attached hydrogen (secondary N) is 1. The van der Waals surface area contributed by atoms with Gasteiger partial charge in [-0.25, -0.2) is 0 Å². The van der Waals surface area contributed by atoms with Crippen LogP contribution < -0.4 is 5.32 Å². The molecule has 1 saturated carbocycles. The molecule has 1 rings (SSSR count). The molecular formula is C14H25NO3. The Morgan fingerprint density at radius 1 is 1.22 bits per heavy atom. The second kappa shape index (κ2) is 5.72. The Hall–Kier alpha value is -1.06. The Kier molecular flexibility index (Phi) is 4.77. The third-order valence-corrected chi connectivity index (χ3v) is 4.24. The average molecular weight is 255 g/mol. The van der Waals surface area contributed by atoms with Crippen LogP contribution in [0.5, 0.6) is 0 Å². The van der Waals surface area contributed by atoms with E-state index in [1.165, 1.54) is 0 Å². The molecule has 0 aromatic heterocycles. The van der Waals surface area contributed by atoms with Gasteiger partial charge in [-0.2, -0.15) is 0 Å². The van der Waals surface area contributed by atoms with E-state index in [9.17, 15) is 14.7 Å². The summed E-state index contributed by atoms with van der Waals surface area (Å²) in [7, 11) is 0. The highest BCUT2D eigenvalue weighted by molar-refractivity contribution is 5.85. The summed E-state index contributed by atoms with van der Waals surface area (Å²) in [6.45, 7) is 8.00. The summed E-state index contributed by atoms with van der Waals surface area (Å²) in [4.78, 5) is 23.5. The molecule has 0 spiro atoms. The monoisotopic (exact) mass is 255 g/mol. The minimum atomic E-state index is -0.833. The third kappa shape index (κ3) is 3.47. The van der Waals surface area contributed by atoms with E-state index >= 15 is 0 Å². The number of carboxylic acids is 1. The van der Waals surface area contributed by atoms with Gasteiger partial charge in [-0.3, -0.25) is 9.59 Å². The maximum absolute atomic E-state index is 12.2. The fourth-order valence-electron chi connectivity index (χ4n) is 2.55. The minimum absolute atomic E-state index is 0.0924. The van der Waals surface area contributed by atoms with Crippen molar-refractivity contribution in [2.24, 2.45) is 17.8 Å². The summed E-state index contributed by atoms with van der Waals surface area (Å²) in [5.41, 5.74) is -0.259. The SMILES string of the molecule is CCC1CC(C(=O)O)C(C(=O)NC(C)(C)CC)C1. The van der Waals surface area contributed by atoms with Gasteiger partial charge in [0, 0.05) is 5.54 Å². The van der Waals surface area contributed by atoms with Gasteiger partial charge < -0.3 is 10.4 Å². The van der Waals surface area contributed by atoms with Crippen LogP contribution in [0.2, 0.25) is 0 Å². The van der Waals surface area contributed by atoms with E-state index in [4.69, 9.17) is 0 Å². The van der Waals surface area contributed by atoms with Gasteiger partial charge in [0.2, 0.25) is 5.91 Å². The van der Waals surface area contributed by atoms with Crippen LogP contribution in [-0.2, 0) is 9.59 Å². The number of carbonyl (C=O) groups excluding carboxylic acids is 1. The van der Waals surface area contributed by atoms with E-state index in [1.807, 2.05) is 20.8 Å². The summed E-state index contributed by atoms with van der Waals surface area (Å²) in [6, 6.07) is 0. The largest absolute Gasteiger partial charge is 0.481 e. The quantitative estimate of drug-likeness (QED) is 0.793. The summed E-state index contributed by atoms with van der Waals surface area (Å²) >= 11 is 0. The molecule has 104 valence electrons. The van der Waals surface area contributed by atoms with Crippen molar-refractivity contribution >= 4 is 11.9 Å². The molecular weight excluding hydrogens is 230 g/mol. The number of aliphatic carboxylic acids is 1. The predicted octanol–water partition coefficient (Wildman–Crippen LogP) is 2.43. The Morgan fingerprint density at radius 2 is 1.78 bits per heavy atom. The molecule has 3 atom stereocenters. The van der Waals surface area contributed by atoms with Gasteiger partial charge in [-0.15, -0.1) is 0 Å². The minimum Gasteiger partial charge on any atom is -0.481 e. The normalized spacial score (nSPS) is 28.1. The third-order valence-electron chi connectivity index (χ3n) is 4.24. The van der Waals surface area contributed by atoms with Crippen molar-refractivity contribution in [3.63, 3.8) is 0 Å². The molecule has 0 saturated heterocycles. The lowest BCUT2D eigenvalue weighted by molar-refractivity contribution is -0.146. The van der Waals surface area contributed by atoms with Crippen molar-refractivity contribution in [3.8, 4) is 0 Å². The zero-order chi connectivity index (χ0) is 13.9. The molecule has 18 heavy (non-hydrogen) atoms. The predicted molar refractivity (Wildman–Crippen MR) is 70.1 cm³/mol. The van der Waals surface area contributed by atoms with Gasteiger partial charge in [0.1, 0.15) is 0 Å². The zero-order valence-corrected chi connectivity index (χ0v) is 11.8. The van der Waals surface area contributed by atoms with Crippen molar-refractivity contribution in [1.29, 1.82) is 0 Å². The van der Waals surface area contributed by atoms with Crippen molar-refractivity contribution in [1.82, 2.24) is 5.32 Å². The van der Waals surface area contributed by atoms with Crippen LogP contribution in [0, 0.1) is 17.8 Å². The molecule has 0 aromatic carbocycles. The van der Waals surface area contributed by atoms with Gasteiger partial charge in [0.25, 0.3) is 0 Å². The Labute approximate surface area is 109 Å². The number of hydrogen-bond donors (Lipinski definition) is 2. The van der Waals surface area contributed by atoms with E-state index < -0.39 is 11.9 Å². The molecule has 2 N–H and O–H groups in total. The maximum atomic E-state index is 12.2. The summed E-state index contributed by atoms with van der Waals surface area (Å²) in [6.07, 6.45) is 3.13. The number of rotatable bonds is 5. The zero-order valence-electron chi connectivity index (χ0n) is 11.8. The highest BCUT2D eigenvalue weighted by Crippen LogP contribution is 2.38. The first-order chi connectivity index (χ1) is 8.30. The second-order valence-electron chi connectivity index (χ2n) is 6.02. The van der Waals surface area contributed by atoms with Gasteiger partial charge in [0.15, 0.2) is 0 Å². The van der Waals surface area contributed by atoms with Crippen molar-refractivity contribution in [3.05, 3.63) is 0 Å². The van der Waals surface area contributed by atoms with E-state index in [-0.39, 0.29) is 17.4 Å². The van der Waals surface area contributed by atoms with Crippen LogP contribution in [0.4, 0.5) is 0 Å². The summed E-state index contributed by atoms with van der Waals surface area (Å²) < 4.78 is 0. The second-order valence-corrected chi connectivity index (χ2v) is 6.02. The van der Waals surface area contributed by atoms with Crippen molar-refractivity contribution in [2.75, 3.05) is 0 Å². The average Bonchev–Trinajstić information content (AvgIpc) is 2.72. The lowest BCUT2D eigenvalue weighted by Gasteiger charge is -2.27. The molecule has 0 bridgehead atoms. The Bertz CT molecular complexity index is 325. The van der Waals surface area contributed by atoms with Crippen molar-refractivity contribution in [2.45, 2.75) is 58.9 Å². The van der Waals surface area contributed by atoms with Crippen molar-refractivity contribution < 1.29 is 14.7 Å². The Balaban J connectivity index is 2.74. The Morgan fingerprint density at radius 3 is 2.22 bits per heavy atom. The van der Waals surface area contributed by atoms with Crippen LogP contribution in [-0.4, -0.2) is 22.5 Å². The fourth-order valence-corrected chi connectivity index (χ4v) is 2.55. The highest BCUT2D eigenvalue weighted by Gasteiger charge is 2.42. The molecule has 4 nitrogen and oxygen atoms in total. The molecule has 0 radical (unpaired) electrons. The fraction of sp³-hybridized carbons (Fsp3) is 0.857. The van der Waals surface area contributed by atoms with Crippen LogP contribution in [0.15, 0.2) is 0 Å². The molecule has 1 aliphatic carbocycles. The number of carboxylic acid groups (broad SMARTS) is 1. The van der Waals surface area contributed by atoms with Crippen LogP contribution >= 0.6 is 0 Å². The van der Waals surface area contributed by atoms with Crippen LogP contribution in [0.3, 0.4) is 0 Å². The highest BCUT2D eigenvalue weighted by atomic mass is 16.4. The number of amides is 1. The number of hydrogen-bond acceptors (Lipinski definition) is 2. The van der Waals surface area contributed by atoms with E-state index in [2.05, 4.69) is 12.2 Å². The first-order valence-electron chi connectivity index (χ1n) is 6.85. The molecule has 0 aliphatic heterocycles. The topological polar surface area (TPSA) is 66.4 Å². The molecule has 0 aromatic rings. The molecule has 0 heterocycles. The molecule has 1 fully saturated rings. The molecule has 1 aliphatic rings. The van der Waals surface area contributed by atoms with E-state index in [1.54, 1.807) is 0 Å². The van der Waals surface area contributed by atoms with E-state index in [0.717, 1.165) is 12.8 Å². The maximum Gasteiger partial charge on any atom is 0.307 e. The van der Waals surface area contributed by atoms with Gasteiger partial charge >= 0.3 is 5.97 Å². The first-order valence-corrected chi connectivity index (χ1v) is 6.85. The summed E-state index contributed by atoms with van der Waals surface area (Å²) in [5, 5.41) is 12.2. The van der Waals surface area contributed by atoms with Gasteiger partial charge in [-0.1, -0.05) is 20.3 Å². The molecule has 4 heteroatoms. The molecule has 3 unspecified atom stereocenters. The van der Waals surface area contributed by atoms with Crippen LogP contribution in [0.1, 0.15) is 53.4 Å². The number of carbonyl (C=O) groups is 2. The summed E-state index contributed by atoms with van der Waals surface area (Å²) in [5.74, 6) is -1.43. The first kappa shape index (κ1) is 15.0. The standard InChI is InChI=1S/C14H25NO3/c1-5-9-7-10(11(8-9)13(17)18)12(16)15-14(3,4)6-2/h9-11H,5-8H2,1-4H3,(H,15,16)(H,17,18). The molecule has 1 amide bonds. The smallest absolute Gasteiger partial charge is 0.307 e.